The van der Waals surface area contributed by atoms with Crippen LogP contribution in [0.1, 0.15) is 19.4 Å². The van der Waals surface area contributed by atoms with Crippen LogP contribution in [0, 0.1) is 5.82 Å². The zero-order valence-corrected chi connectivity index (χ0v) is 13.7. The van der Waals surface area contributed by atoms with Gasteiger partial charge in [0.1, 0.15) is 10.7 Å². The Kier molecular flexibility index (Phi) is 6.55. The predicted molar refractivity (Wildman–Crippen MR) is 78.2 cm³/mol. The first-order valence-electron chi connectivity index (χ1n) is 6.39. The Bertz CT molecular complexity index is 594. The zero-order chi connectivity index (χ0) is 16.2. The van der Waals surface area contributed by atoms with Gasteiger partial charge in [-0.15, -0.1) is 0 Å². The van der Waals surface area contributed by atoms with Crippen LogP contribution in [0.3, 0.4) is 0 Å². The van der Waals surface area contributed by atoms with Crippen LogP contribution in [0.15, 0.2) is 17.0 Å². The standard InChI is InChI=1S/C13H19ClFNO4S/c1-4-16(9(2)8-20-3)21(18,19)12-6-11(14)5-10(7-17)13(12)15/h5-6,9,17H,4,7-8H2,1-3H3. The monoisotopic (exact) mass is 339 g/mol. The van der Waals surface area contributed by atoms with E-state index < -0.39 is 33.4 Å². The number of sulfonamides is 1. The Balaban J connectivity index is 3.39. The second-order valence-corrected chi connectivity index (χ2v) is 6.84. The van der Waals surface area contributed by atoms with Gasteiger partial charge in [0.05, 0.1) is 13.2 Å². The maximum Gasteiger partial charge on any atom is 0.246 e. The Morgan fingerprint density at radius 1 is 1.48 bits per heavy atom. The van der Waals surface area contributed by atoms with Crippen molar-refractivity contribution in [3.8, 4) is 0 Å². The summed E-state index contributed by atoms with van der Waals surface area (Å²) in [5, 5.41) is 9.15. The highest BCUT2D eigenvalue weighted by molar-refractivity contribution is 7.89. The lowest BCUT2D eigenvalue weighted by Crippen LogP contribution is -2.41. The van der Waals surface area contributed by atoms with E-state index in [1.54, 1.807) is 13.8 Å². The quantitative estimate of drug-likeness (QED) is 0.825. The van der Waals surface area contributed by atoms with E-state index in [4.69, 9.17) is 21.4 Å². The Hall–Kier alpha value is -0.730. The van der Waals surface area contributed by atoms with E-state index in [0.29, 0.717) is 0 Å². The highest BCUT2D eigenvalue weighted by Gasteiger charge is 2.31. The fourth-order valence-electron chi connectivity index (χ4n) is 2.09. The number of benzene rings is 1. The highest BCUT2D eigenvalue weighted by Crippen LogP contribution is 2.27. The molecule has 21 heavy (non-hydrogen) atoms. The molecule has 0 saturated carbocycles. The number of aliphatic hydroxyl groups excluding tert-OH is 1. The fraction of sp³-hybridized carbons (Fsp3) is 0.538. The van der Waals surface area contributed by atoms with Crippen molar-refractivity contribution in [1.29, 1.82) is 0 Å². The van der Waals surface area contributed by atoms with Crippen LogP contribution in [0.25, 0.3) is 0 Å². The molecule has 0 aliphatic heterocycles. The number of methoxy groups -OCH3 is 1. The summed E-state index contributed by atoms with van der Waals surface area (Å²) in [6.45, 7) is 3.03. The van der Waals surface area contributed by atoms with Gasteiger partial charge in [0.2, 0.25) is 10.0 Å². The molecule has 0 heterocycles. The molecule has 0 saturated heterocycles. The number of nitrogens with zero attached hydrogens (tertiary/aromatic N) is 1. The number of likely N-dealkylation sites (N-methyl/N-ethyl adjacent to an activating group) is 1. The van der Waals surface area contributed by atoms with Gasteiger partial charge in [-0.25, -0.2) is 12.8 Å². The predicted octanol–water partition coefficient (Wildman–Crippen LogP) is 2.02. The summed E-state index contributed by atoms with van der Waals surface area (Å²) in [6.07, 6.45) is 0. The largest absolute Gasteiger partial charge is 0.392 e. The van der Waals surface area contributed by atoms with Gasteiger partial charge in [-0.1, -0.05) is 18.5 Å². The molecule has 1 aromatic rings. The maximum atomic E-state index is 14.2. The van der Waals surface area contributed by atoms with Crippen LogP contribution in [0.5, 0.6) is 0 Å². The van der Waals surface area contributed by atoms with E-state index in [1.165, 1.54) is 13.2 Å². The second-order valence-electron chi connectivity index (χ2n) is 4.55. The van der Waals surface area contributed by atoms with E-state index in [9.17, 15) is 12.8 Å². The zero-order valence-electron chi connectivity index (χ0n) is 12.1. The molecule has 1 atom stereocenters. The molecule has 0 spiro atoms. The van der Waals surface area contributed by atoms with E-state index in [2.05, 4.69) is 0 Å². The van der Waals surface area contributed by atoms with Gasteiger partial charge in [-0.2, -0.15) is 4.31 Å². The molecule has 0 radical (unpaired) electrons. The summed E-state index contributed by atoms with van der Waals surface area (Å²) in [5.41, 5.74) is -0.156. The van der Waals surface area contributed by atoms with Crippen molar-refractivity contribution in [2.75, 3.05) is 20.3 Å². The fourth-order valence-corrected chi connectivity index (χ4v) is 4.16. The topological polar surface area (TPSA) is 66.8 Å². The summed E-state index contributed by atoms with van der Waals surface area (Å²) in [7, 11) is -2.62. The molecule has 0 aromatic heterocycles. The van der Waals surface area contributed by atoms with Crippen LogP contribution in [0.4, 0.5) is 4.39 Å². The normalized spacial score (nSPS) is 13.7. The van der Waals surface area contributed by atoms with Gasteiger partial charge in [0, 0.05) is 30.3 Å². The summed E-state index contributed by atoms with van der Waals surface area (Å²) in [4.78, 5) is -0.538. The first-order chi connectivity index (χ1) is 9.79. The highest BCUT2D eigenvalue weighted by atomic mass is 35.5. The lowest BCUT2D eigenvalue weighted by atomic mass is 10.2. The van der Waals surface area contributed by atoms with Crippen molar-refractivity contribution in [3.63, 3.8) is 0 Å². The van der Waals surface area contributed by atoms with Crippen molar-refractivity contribution in [1.82, 2.24) is 4.31 Å². The van der Waals surface area contributed by atoms with Gasteiger partial charge >= 0.3 is 0 Å². The molecule has 1 rings (SSSR count). The van der Waals surface area contributed by atoms with E-state index in [-0.39, 0.29) is 23.7 Å². The molecule has 1 unspecified atom stereocenters. The molecule has 120 valence electrons. The first-order valence-corrected chi connectivity index (χ1v) is 8.20. The smallest absolute Gasteiger partial charge is 0.246 e. The third-order valence-electron chi connectivity index (χ3n) is 3.05. The summed E-state index contributed by atoms with van der Waals surface area (Å²) >= 11 is 5.81. The summed E-state index contributed by atoms with van der Waals surface area (Å²) < 4.78 is 45.5. The van der Waals surface area contributed by atoms with E-state index >= 15 is 0 Å². The number of hydrogen-bond acceptors (Lipinski definition) is 4. The minimum atomic E-state index is -4.08. The lowest BCUT2D eigenvalue weighted by Gasteiger charge is -2.27. The number of hydrogen-bond donors (Lipinski definition) is 1. The molecule has 8 heteroatoms. The van der Waals surface area contributed by atoms with E-state index in [1.807, 2.05) is 0 Å². The molecule has 0 fully saturated rings. The summed E-state index contributed by atoms with van der Waals surface area (Å²) in [5.74, 6) is -0.982. The third kappa shape index (κ3) is 3.92. The van der Waals surface area contributed by atoms with Crippen molar-refractivity contribution in [2.45, 2.75) is 31.4 Å². The van der Waals surface area contributed by atoms with Crippen molar-refractivity contribution in [3.05, 3.63) is 28.5 Å². The van der Waals surface area contributed by atoms with Crippen LogP contribution >= 0.6 is 11.6 Å². The molecule has 0 amide bonds. The van der Waals surface area contributed by atoms with Crippen molar-refractivity contribution >= 4 is 21.6 Å². The van der Waals surface area contributed by atoms with Gasteiger partial charge < -0.3 is 9.84 Å². The maximum absolute atomic E-state index is 14.2. The van der Waals surface area contributed by atoms with Crippen molar-refractivity contribution < 1.29 is 22.7 Å². The SMILES string of the molecule is CCN(C(C)COC)S(=O)(=O)c1cc(Cl)cc(CO)c1F. The average molecular weight is 340 g/mol. The molecule has 0 bridgehead atoms. The van der Waals surface area contributed by atoms with E-state index in [0.717, 1.165) is 10.4 Å². The number of ether oxygens (including phenoxy) is 1. The Morgan fingerprint density at radius 2 is 2.10 bits per heavy atom. The van der Waals surface area contributed by atoms with Gasteiger partial charge in [0.15, 0.2) is 0 Å². The Labute approximate surface area is 129 Å². The second kappa shape index (κ2) is 7.51. The third-order valence-corrected chi connectivity index (χ3v) is 5.35. The van der Waals surface area contributed by atoms with Gasteiger partial charge in [0.25, 0.3) is 0 Å². The number of aliphatic hydroxyl groups is 1. The molecule has 1 N–H and O–H groups in total. The minimum Gasteiger partial charge on any atom is -0.392 e. The first kappa shape index (κ1) is 18.3. The molecule has 0 aliphatic carbocycles. The van der Waals surface area contributed by atoms with Crippen LogP contribution in [0.2, 0.25) is 5.02 Å². The molecule has 1 aromatic carbocycles. The van der Waals surface area contributed by atoms with Crippen LogP contribution in [-0.2, 0) is 21.4 Å². The molecular formula is C13H19ClFNO4S. The lowest BCUT2D eigenvalue weighted by molar-refractivity contribution is 0.142. The number of rotatable bonds is 7. The molecule has 0 aliphatic rings. The van der Waals surface area contributed by atoms with Gasteiger partial charge in [-0.05, 0) is 19.1 Å². The minimum absolute atomic E-state index is 0.0504. The number of halogens is 2. The Morgan fingerprint density at radius 3 is 2.57 bits per heavy atom. The van der Waals surface area contributed by atoms with Crippen LogP contribution < -0.4 is 0 Å². The molecular weight excluding hydrogens is 321 g/mol. The average Bonchev–Trinajstić information content (AvgIpc) is 2.41. The molecule has 5 nitrogen and oxygen atoms in total. The van der Waals surface area contributed by atoms with Gasteiger partial charge in [-0.3, -0.25) is 0 Å². The summed E-state index contributed by atoms with van der Waals surface area (Å²) in [6, 6.07) is 1.79. The van der Waals surface area contributed by atoms with Crippen molar-refractivity contribution in [2.24, 2.45) is 0 Å². The van der Waals surface area contributed by atoms with Crippen LogP contribution in [-0.4, -0.2) is 44.1 Å².